The van der Waals surface area contributed by atoms with Crippen molar-refractivity contribution in [2.45, 2.75) is 68.7 Å². The number of carbonyl (C=O) groups excluding carboxylic acids is 3. The maximum atomic E-state index is 12.7. The number of alkyl carbamates (subject to hydrolysis) is 1. The molecule has 47 heavy (non-hydrogen) atoms. The lowest BCUT2D eigenvalue weighted by Crippen LogP contribution is -2.70. The maximum absolute atomic E-state index is 12.7. The Bertz CT molecular complexity index is 884. The van der Waals surface area contributed by atoms with Gasteiger partial charge in [0.15, 0.2) is 0 Å². The Hall–Kier alpha value is -2.27. The Kier molecular flexibility index (Phi) is 21.8. The standard InChI is InChI=1S/C28H52N2O17/c1-18(2)46-28(26(36)37)13-20(32)23(25(47-28)24(35)21(33)15-31)30-22(34)14-29-27(38)45-17-19(44-12-11-42-8-6-40-4)16-43-10-9-41-7-5-39-3/h18-21,23-25,31-33,35H,5-17H2,1-4H3,(H,29,38)(H,30,34)(H,36,37)/p-1/t19?,20-,21-,23-,24-,25?,28+/m1/s1. The number of ether oxygens (including phenoxy) is 9. The number of hydrogen-bond donors (Lipinski definition) is 6. The van der Waals surface area contributed by atoms with Crippen molar-refractivity contribution in [3.8, 4) is 0 Å². The van der Waals surface area contributed by atoms with E-state index in [2.05, 4.69) is 10.6 Å². The van der Waals surface area contributed by atoms with Crippen molar-refractivity contribution in [3.63, 3.8) is 0 Å². The number of nitrogens with one attached hydrogen (secondary N) is 2. The molecule has 0 aromatic carbocycles. The largest absolute Gasteiger partial charge is 0.544 e. The number of rotatable bonds is 26. The third-order valence-electron chi connectivity index (χ3n) is 6.47. The molecule has 0 aromatic rings. The van der Waals surface area contributed by atoms with E-state index in [1.807, 2.05) is 0 Å². The molecule has 1 heterocycles. The monoisotopic (exact) mass is 687 g/mol. The van der Waals surface area contributed by atoms with Crippen molar-refractivity contribution >= 4 is 18.0 Å². The lowest BCUT2D eigenvalue weighted by Gasteiger charge is -2.49. The molecular weight excluding hydrogens is 636 g/mol. The molecule has 0 radical (unpaired) electrons. The normalized spacial score (nSPS) is 23.2. The van der Waals surface area contributed by atoms with Gasteiger partial charge in [0.25, 0.3) is 0 Å². The third kappa shape index (κ3) is 16.6. The van der Waals surface area contributed by atoms with E-state index >= 15 is 0 Å². The van der Waals surface area contributed by atoms with Gasteiger partial charge in [0.2, 0.25) is 11.7 Å². The number of methoxy groups -OCH3 is 2. The predicted molar refractivity (Wildman–Crippen MR) is 156 cm³/mol. The fraction of sp³-hybridized carbons (Fsp3) is 0.893. The Morgan fingerprint density at radius 3 is 2.11 bits per heavy atom. The lowest BCUT2D eigenvalue weighted by molar-refractivity contribution is -0.386. The Labute approximate surface area is 273 Å². The van der Waals surface area contributed by atoms with Crippen LogP contribution in [0.3, 0.4) is 0 Å². The van der Waals surface area contributed by atoms with Gasteiger partial charge in [-0.2, -0.15) is 0 Å². The van der Waals surface area contributed by atoms with Gasteiger partial charge in [-0.25, -0.2) is 4.79 Å². The number of carboxylic acids is 1. The van der Waals surface area contributed by atoms with Crippen molar-refractivity contribution < 1.29 is 82.5 Å². The number of hydrogen-bond acceptors (Lipinski definition) is 17. The van der Waals surface area contributed by atoms with E-state index in [9.17, 15) is 39.9 Å². The molecular formula is C28H51N2O17-. The SMILES string of the molecule is COCCOCCOCC(COC(=O)NCC(=O)N[C@H]1C([C@H](O)[C@H](O)CO)O[C@](OC(C)C)(C(=O)[O-])C[C@H]1O)OCCOCCOC. The molecule has 1 aliphatic rings. The summed E-state index contributed by atoms with van der Waals surface area (Å²) in [7, 11) is 3.10. The molecule has 6 N–H and O–H groups in total. The summed E-state index contributed by atoms with van der Waals surface area (Å²) in [6.07, 6.45) is -10.4. The average molecular weight is 688 g/mol. The minimum atomic E-state index is -2.53. The number of carboxylic acid groups (broad SMARTS) is 1. The van der Waals surface area contributed by atoms with Gasteiger partial charge in [-0.1, -0.05) is 0 Å². The summed E-state index contributed by atoms with van der Waals surface area (Å²) in [5.41, 5.74) is 0. The van der Waals surface area contributed by atoms with Crippen molar-refractivity contribution in [1.29, 1.82) is 0 Å². The second kappa shape index (κ2) is 24.0. The molecule has 19 nitrogen and oxygen atoms in total. The summed E-state index contributed by atoms with van der Waals surface area (Å²) in [4.78, 5) is 37.0. The van der Waals surface area contributed by atoms with E-state index in [0.717, 1.165) is 0 Å². The first-order valence-electron chi connectivity index (χ1n) is 15.2. The van der Waals surface area contributed by atoms with E-state index in [4.69, 9.17) is 42.6 Å². The zero-order valence-corrected chi connectivity index (χ0v) is 27.3. The first kappa shape index (κ1) is 42.8. The number of aliphatic carboxylic acids is 1. The van der Waals surface area contributed by atoms with Gasteiger partial charge in [-0.3, -0.25) is 4.79 Å². The highest BCUT2D eigenvalue weighted by atomic mass is 16.7. The van der Waals surface area contributed by atoms with Crippen LogP contribution in [0.15, 0.2) is 0 Å². The van der Waals surface area contributed by atoms with Gasteiger partial charge in [-0.15, -0.1) is 0 Å². The molecule has 276 valence electrons. The van der Waals surface area contributed by atoms with Crippen molar-refractivity contribution in [1.82, 2.24) is 10.6 Å². The topological polar surface area (TPSA) is 262 Å². The van der Waals surface area contributed by atoms with Crippen LogP contribution in [0, 0.1) is 0 Å². The summed E-state index contributed by atoms with van der Waals surface area (Å²) in [5.74, 6) is -5.29. The van der Waals surface area contributed by atoms with Crippen molar-refractivity contribution in [2.24, 2.45) is 0 Å². The highest BCUT2D eigenvalue weighted by Crippen LogP contribution is 2.33. The molecule has 0 aliphatic carbocycles. The van der Waals surface area contributed by atoms with E-state index in [-0.39, 0.29) is 33.0 Å². The molecule has 2 unspecified atom stereocenters. The molecule has 19 heteroatoms. The number of amides is 2. The van der Waals surface area contributed by atoms with Crippen LogP contribution in [0.1, 0.15) is 20.3 Å². The highest BCUT2D eigenvalue weighted by molar-refractivity contribution is 5.82. The lowest BCUT2D eigenvalue weighted by atomic mass is 9.88. The summed E-state index contributed by atoms with van der Waals surface area (Å²) >= 11 is 0. The number of aliphatic hydroxyl groups excluding tert-OH is 4. The van der Waals surface area contributed by atoms with Gasteiger partial charge in [0.05, 0.1) is 84.3 Å². The summed E-state index contributed by atoms with van der Waals surface area (Å²) in [6, 6.07) is -1.50. The fourth-order valence-corrected chi connectivity index (χ4v) is 4.23. The van der Waals surface area contributed by atoms with Crippen LogP contribution >= 0.6 is 0 Å². The second-order valence-electron chi connectivity index (χ2n) is 10.6. The molecule has 1 fully saturated rings. The molecule has 1 aliphatic heterocycles. The van der Waals surface area contributed by atoms with E-state index in [1.165, 1.54) is 13.8 Å². The predicted octanol–water partition coefficient (Wildman–Crippen LogP) is -4.34. The van der Waals surface area contributed by atoms with Gasteiger partial charge in [-0.05, 0) is 13.8 Å². The minimum absolute atomic E-state index is 0.0519. The van der Waals surface area contributed by atoms with Gasteiger partial charge in [0, 0.05) is 20.6 Å². The molecule has 0 aromatic heterocycles. The van der Waals surface area contributed by atoms with Crippen LogP contribution in [-0.2, 0) is 52.2 Å². The summed E-state index contributed by atoms with van der Waals surface area (Å²) < 4.78 is 47.7. The maximum Gasteiger partial charge on any atom is 0.407 e. The zero-order chi connectivity index (χ0) is 35.2. The number of aliphatic hydroxyl groups is 4. The molecule has 7 atom stereocenters. The zero-order valence-electron chi connectivity index (χ0n) is 27.3. The Morgan fingerprint density at radius 2 is 1.53 bits per heavy atom. The minimum Gasteiger partial charge on any atom is -0.544 e. The second-order valence-corrected chi connectivity index (χ2v) is 10.6. The van der Waals surface area contributed by atoms with Crippen LogP contribution in [0.2, 0.25) is 0 Å². The Balaban J connectivity index is 2.72. The molecule has 0 saturated carbocycles. The quantitative estimate of drug-likeness (QED) is 0.0470. The van der Waals surface area contributed by atoms with Crippen molar-refractivity contribution in [3.05, 3.63) is 0 Å². The van der Waals surface area contributed by atoms with Crippen LogP contribution in [0.5, 0.6) is 0 Å². The first-order valence-corrected chi connectivity index (χ1v) is 15.2. The summed E-state index contributed by atoms with van der Waals surface area (Å²) in [6.45, 7) is 3.77. The molecule has 0 bridgehead atoms. The fourth-order valence-electron chi connectivity index (χ4n) is 4.23. The number of carbonyl (C=O) groups is 3. The molecule has 1 rings (SSSR count). The van der Waals surface area contributed by atoms with Crippen LogP contribution < -0.4 is 15.7 Å². The van der Waals surface area contributed by atoms with Gasteiger partial charge in [0.1, 0.15) is 43.5 Å². The van der Waals surface area contributed by atoms with E-state index in [1.54, 1.807) is 14.2 Å². The smallest absolute Gasteiger partial charge is 0.407 e. The third-order valence-corrected chi connectivity index (χ3v) is 6.47. The summed E-state index contributed by atoms with van der Waals surface area (Å²) in [5, 5.41) is 57.2. The Morgan fingerprint density at radius 1 is 0.936 bits per heavy atom. The van der Waals surface area contributed by atoms with Crippen LogP contribution in [-0.4, -0.2) is 180 Å². The van der Waals surface area contributed by atoms with Gasteiger partial charge < -0.3 is 83.6 Å². The highest BCUT2D eigenvalue weighted by Gasteiger charge is 2.53. The average Bonchev–Trinajstić information content (AvgIpc) is 3.03. The van der Waals surface area contributed by atoms with Crippen LogP contribution in [0.4, 0.5) is 4.79 Å². The van der Waals surface area contributed by atoms with Crippen LogP contribution in [0.25, 0.3) is 0 Å². The molecule has 1 saturated heterocycles. The van der Waals surface area contributed by atoms with Crippen molar-refractivity contribution in [2.75, 3.05) is 93.4 Å². The van der Waals surface area contributed by atoms with Gasteiger partial charge >= 0.3 is 6.09 Å². The van der Waals surface area contributed by atoms with E-state index in [0.29, 0.717) is 33.0 Å². The van der Waals surface area contributed by atoms with E-state index < -0.39 is 86.0 Å². The molecule has 2 amide bonds. The first-order chi connectivity index (χ1) is 22.4. The molecule has 0 spiro atoms.